The van der Waals surface area contributed by atoms with Crippen molar-refractivity contribution in [3.05, 3.63) is 59.3 Å². The number of rotatable bonds is 5. The van der Waals surface area contributed by atoms with Crippen molar-refractivity contribution in [3.8, 4) is 17.2 Å². The summed E-state index contributed by atoms with van der Waals surface area (Å²) in [5, 5.41) is 8.42. The lowest BCUT2D eigenvalue weighted by Gasteiger charge is -2.21. The summed E-state index contributed by atoms with van der Waals surface area (Å²) < 4.78 is 10.9. The van der Waals surface area contributed by atoms with Gasteiger partial charge in [0.1, 0.15) is 5.69 Å². The largest absolute Gasteiger partial charge is 0.493 e. The molecular formula is C23H25N7O3. The van der Waals surface area contributed by atoms with Crippen molar-refractivity contribution < 1.29 is 14.3 Å². The van der Waals surface area contributed by atoms with E-state index in [0.717, 1.165) is 17.9 Å². The lowest BCUT2D eigenvalue weighted by atomic mass is 10.1. The zero-order valence-electron chi connectivity index (χ0n) is 19.0. The van der Waals surface area contributed by atoms with Crippen LogP contribution in [0, 0.1) is 19.8 Å². The third-order valence-electron chi connectivity index (χ3n) is 5.96. The molecule has 10 nitrogen and oxygen atoms in total. The van der Waals surface area contributed by atoms with E-state index in [-0.39, 0.29) is 11.8 Å². The predicted octanol–water partition coefficient (Wildman–Crippen LogP) is 2.17. The number of benzene rings is 1. The molecule has 0 saturated carbocycles. The maximum atomic E-state index is 13.6. The Morgan fingerprint density at radius 3 is 2.27 bits per heavy atom. The van der Waals surface area contributed by atoms with Gasteiger partial charge in [0.15, 0.2) is 11.5 Å². The quantitative estimate of drug-likeness (QED) is 0.587. The van der Waals surface area contributed by atoms with E-state index in [1.54, 1.807) is 38.7 Å². The van der Waals surface area contributed by atoms with Gasteiger partial charge in [-0.3, -0.25) is 4.79 Å². The number of carbonyl (C=O) groups is 1. The number of anilines is 1. The summed E-state index contributed by atoms with van der Waals surface area (Å²) in [7, 11) is 3.10. The van der Waals surface area contributed by atoms with E-state index in [1.165, 1.54) is 10.4 Å². The smallest absolute Gasteiger partial charge is 0.256 e. The topological polar surface area (TPSA) is 98.5 Å². The van der Waals surface area contributed by atoms with Crippen molar-refractivity contribution >= 4 is 11.9 Å². The molecule has 170 valence electrons. The van der Waals surface area contributed by atoms with Gasteiger partial charge in [0.25, 0.3) is 5.91 Å². The van der Waals surface area contributed by atoms with E-state index in [9.17, 15) is 4.79 Å². The minimum absolute atomic E-state index is 0.104. The Balaban J connectivity index is 1.43. The normalized spacial score (nSPS) is 17.2. The van der Waals surface area contributed by atoms with Gasteiger partial charge >= 0.3 is 0 Å². The van der Waals surface area contributed by atoms with Gasteiger partial charge in [0.2, 0.25) is 5.95 Å². The Morgan fingerprint density at radius 1 is 0.970 bits per heavy atom. The molecule has 1 unspecified atom stereocenters. The second-order valence-electron chi connectivity index (χ2n) is 8.23. The van der Waals surface area contributed by atoms with E-state index in [0.29, 0.717) is 41.8 Å². The minimum Gasteiger partial charge on any atom is -0.493 e. The van der Waals surface area contributed by atoms with Gasteiger partial charge in [-0.05, 0) is 31.6 Å². The number of fused-ring (bicyclic) bond motifs is 1. The van der Waals surface area contributed by atoms with Crippen molar-refractivity contribution in [3.63, 3.8) is 0 Å². The summed E-state index contributed by atoms with van der Waals surface area (Å²) in [6, 6.07) is 5.38. The Morgan fingerprint density at radius 2 is 1.64 bits per heavy atom. The van der Waals surface area contributed by atoms with Crippen LogP contribution >= 0.6 is 0 Å². The lowest BCUT2D eigenvalue weighted by molar-refractivity contribution is 0.0788. The van der Waals surface area contributed by atoms with Crippen molar-refractivity contribution in [2.24, 2.45) is 5.92 Å². The molecule has 3 aromatic rings. The van der Waals surface area contributed by atoms with Crippen LogP contribution in [0.4, 0.5) is 5.95 Å². The van der Waals surface area contributed by atoms with E-state index in [2.05, 4.69) is 31.3 Å². The monoisotopic (exact) mass is 447 g/mol. The summed E-state index contributed by atoms with van der Waals surface area (Å²) in [5.41, 5.74) is 4.08. The molecule has 5 rings (SSSR count). The van der Waals surface area contributed by atoms with Crippen LogP contribution in [0.1, 0.15) is 21.7 Å². The standard InChI is InChI=1S/C23H25N7O3/c1-14-7-15(2)27-23(26-14)29-12-16-10-28(11-17(16)13-29)22(31)18-8-20(32-3)21(33-4)9-19(18)30-24-5-6-25-30/h5-9,12,17H,10-11,13H2,1-4H3. The molecule has 2 aliphatic heterocycles. The highest BCUT2D eigenvalue weighted by Gasteiger charge is 2.37. The molecule has 10 heteroatoms. The Bertz CT molecular complexity index is 1220. The molecule has 0 bridgehead atoms. The number of hydrogen-bond donors (Lipinski definition) is 0. The highest BCUT2D eigenvalue weighted by atomic mass is 16.5. The third-order valence-corrected chi connectivity index (χ3v) is 5.96. The molecule has 1 saturated heterocycles. The molecule has 4 heterocycles. The average molecular weight is 447 g/mol. The number of carbonyl (C=O) groups excluding carboxylic acids is 1. The molecule has 33 heavy (non-hydrogen) atoms. The second-order valence-corrected chi connectivity index (χ2v) is 8.23. The van der Waals surface area contributed by atoms with E-state index < -0.39 is 0 Å². The number of methoxy groups -OCH3 is 2. The molecule has 0 aliphatic carbocycles. The molecule has 1 fully saturated rings. The van der Waals surface area contributed by atoms with Crippen LogP contribution in [0.2, 0.25) is 0 Å². The van der Waals surface area contributed by atoms with Gasteiger partial charge in [-0.2, -0.15) is 15.0 Å². The van der Waals surface area contributed by atoms with Crippen molar-refractivity contribution in [2.45, 2.75) is 13.8 Å². The van der Waals surface area contributed by atoms with Crippen LogP contribution in [0.3, 0.4) is 0 Å². The van der Waals surface area contributed by atoms with Crippen molar-refractivity contribution in [1.29, 1.82) is 0 Å². The Kier molecular flexibility index (Phi) is 5.20. The zero-order valence-corrected chi connectivity index (χ0v) is 19.0. The van der Waals surface area contributed by atoms with Gasteiger partial charge in [-0.1, -0.05) is 0 Å². The average Bonchev–Trinajstić information content (AvgIpc) is 3.53. The first-order valence-electron chi connectivity index (χ1n) is 10.7. The van der Waals surface area contributed by atoms with Gasteiger partial charge in [-0.15, -0.1) is 0 Å². The summed E-state index contributed by atoms with van der Waals surface area (Å²) in [5.74, 6) is 1.83. The second kappa shape index (κ2) is 8.19. The fourth-order valence-corrected chi connectivity index (χ4v) is 4.45. The molecule has 0 radical (unpaired) electrons. The van der Waals surface area contributed by atoms with Gasteiger partial charge < -0.3 is 19.3 Å². The van der Waals surface area contributed by atoms with E-state index >= 15 is 0 Å². The van der Waals surface area contributed by atoms with Gasteiger partial charge in [0.05, 0.1) is 32.2 Å². The van der Waals surface area contributed by atoms with Crippen LogP contribution < -0.4 is 14.4 Å². The Labute approximate surface area is 191 Å². The zero-order chi connectivity index (χ0) is 23.1. The minimum atomic E-state index is -0.104. The van der Waals surface area contributed by atoms with Gasteiger partial charge in [-0.25, -0.2) is 9.97 Å². The van der Waals surface area contributed by atoms with Crippen LogP contribution in [-0.4, -0.2) is 69.6 Å². The molecule has 1 atom stereocenters. The van der Waals surface area contributed by atoms with Crippen LogP contribution in [0.15, 0.2) is 42.4 Å². The first kappa shape index (κ1) is 20.9. The van der Waals surface area contributed by atoms with Crippen LogP contribution in [-0.2, 0) is 0 Å². The van der Waals surface area contributed by atoms with Crippen molar-refractivity contribution in [1.82, 2.24) is 29.9 Å². The molecule has 2 aromatic heterocycles. The molecule has 0 N–H and O–H groups in total. The first-order valence-corrected chi connectivity index (χ1v) is 10.7. The number of likely N-dealkylation sites (tertiary alicyclic amines) is 1. The summed E-state index contributed by atoms with van der Waals surface area (Å²) in [4.78, 5) is 28.1. The number of ether oxygens (including phenoxy) is 2. The summed E-state index contributed by atoms with van der Waals surface area (Å²) in [6.45, 7) is 5.86. The molecule has 0 spiro atoms. The van der Waals surface area contributed by atoms with E-state index in [4.69, 9.17) is 9.47 Å². The number of hydrogen-bond acceptors (Lipinski definition) is 8. The number of aromatic nitrogens is 5. The molecule has 1 aromatic carbocycles. The predicted molar refractivity (Wildman–Crippen MR) is 121 cm³/mol. The summed E-state index contributed by atoms with van der Waals surface area (Å²) in [6.07, 6.45) is 5.22. The number of aryl methyl sites for hydroxylation is 2. The molecule has 1 amide bonds. The lowest BCUT2D eigenvalue weighted by Crippen LogP contribution is -2.32. The SMILES string of the molecule is COc1cc(C(=O)N2CC3=CN(c4nc(C)cc(C)n4)CC3C2)c(-n2nccn2)cc1OC. The third kappa shape index (κ3) is 3.77. The fraction of sp³-hybridized carbons (Fsp3) is 0.348. The van der Waals surface area contributed by atoms with Crippen molar-refractivity contribution in [2.75, 3.05) is 38.8 Å². The number of amides is 1. The van der Waals surface area contributed by atoms with Crippen LogP contribution in [0.5, 0.6) is 11.5 Å². The maximum absolute atomic E-state index is 13.6. The highest BCUT2D eigenvalue weighted by molar-refractivity contribution is 5.99. The Hall–Kier alpha value is -3.95. The number of nitrogens with zero attached hydrogens (tertiary/aromatic N) is 7. The fourth-order valence-electron chi connectivity index (χ4n) is 4.45. The highest BCUT2D eigenvalue weighted by Crippen LogP contribution is 2.36. The van der Waals surface area contributed by atoms with Gasteiger partial charge in [0, 0.05) is 49.2 Å². The van der Waals surface area contributed by atoms with E-state index in [1.807, 2.05) is 24.8 Å². The summed E-state index contributed by atoms with van der Waals surface area (Å²) >= 11 is 0. The molecular weight excluding hydrogens is 422 g/mol. The first-order chi connectivity index (χ1) is 16.0. The maximum Gasteiger partial charge on any atom is 0.256 e. The van der Waals surface area contributed by atoms with Crippen LogP contribution in [0.25, 0.3) is 5.69 Å². The molecule has 2 aliphatic rings.